The second kappa shape index (κ2) is 5.64. The van der Waals surface area contributed by atoms with Crippen molar-refractivity contribution in [1.82, 2.24) is 5.32 Å². The van der Waals surface area contributed by atoms with Gasteiger partial charge in [-0.3, -0.25) is 0 Å². The lowest BCUT2D eigenvalue weighted by Crippen LogP contribution is -2.28. The van der Waals surface area contributed by atoms with Crippen molar-refractivity contribution in [3.05, 3.63) is 0 Å². The molecule has 0 radical (unpaired) electrons. The third-order valence-electron chi connectivity index (χ3n) is 3.49. The van der Waals surface area contributed by atoms with Crippen LogP contribution in [-0.4, -0.2) is 12.6 Å². The van der Waals surface area contributed by atoms with Gasteiger partial charge in [0.2, 0.25) is 0 Å². The molecule has 0 saturated heterocycles. The Hall–Kier alpha value is -0.0400. The number of rotatable bonds is 7. The van der Waals surface area contributed by atoms with Crippen LogP contribution in [-0.2, 0) is 0 Å². The van der Waals surface area contributed by atoms with Crippen LogP contribution < -0.4 is 5.32 Å². The zero-order valence-electron chi connectivity index (χ0n) is 9.47. The Bertz CT molecular complexity index is 125. The van der Waals surface area contributed by atoms with Gasteiger partial charge in [0.25, 0.3) is 0 Å². The molecule has 1 atom stereocenters. The number of hydrogen-bond donors (Lipinski definition) is 1. The fourth-order valence-electron chi connectivity index (χ4n) is 2.21. The van der Waals surface area contributed by atoms with Gasteiger partial charge in [-0.1, -0.05) is 40.0 Å². The Morgan fingerprint density at radius 2 is 1.54 bits per heavy atom. The van der Waals surface area contributed by atoms with E-state index in [4.69, 9.17) is 0 Å². The van der Waals surface area contributed by atoms with Gasteiger partial charge in [-0.25, -0.2) is 0 Å². The maximum absolute atomic E-state index is 3.66. The quantitative estimate of drug-likeness (QED) is 0.639. The summed E-state index contributed by atoms with van der Waals surface area (Å²) in [5.74, 6) is 1.85. The number of nitrogens with one attached hydrogen (secondary N) is 1. The van der Waals surface area contributed by atoms with Crippen molar-refractivity contribution < 1.29 is 0 Å². The van der Waals surface area contributed by atoms with Crippen molar-refractivity contribution in [3.8, 4) is 0 Å². The molecule has 1 unspecified atom stereocenters. The minimum atomic E-state index is 0.878. The zero-order chi connectivity index (χ0) is 9.68. The third-order valence-corrected chi connectivity index (χ3v) is 3.49. The Balaban J connectivity index is 2.21. The summed E-state index contributed by atoms with van der Waals surface area (Å²) < 4.78 is 0. The molecular formula is C12H25N. The highest BCUT2D eigenvalue weighted by Crippen LogP contribution is 2.24. The van der Waals surface area contributed by atoms with Crippen LogP contribution >= 0.6 is 0 Å². The molecule has 0 heterocycles. The Kier molecular flexibility index (Phi) is 4.79. The van der Waals surface area contributed by atoms with Crippen molar-refractivity contribution in [2.24, 2.45) is 11.8 Å². The second-order valence-corrected chi connectivity index (χ2v) is 4.43. The minimum Gasteiger partial charge on any atom is -0.314 e. The second-order valence-electron chi connectivity index (χ2n) is 4.43. The average molecular weight is 183 g/mol. The average Bonchev–Trinajstić information content (AvgIpc) is 2.96. The molecule has 1 fully saturated rings. The third kappa shape index (κ3) is 3.68. The lowest BCUT2D eigenvalue weighted by molar-refractivity contribution is 0.291. The zero-order valence-corrected chi connectivity index (χ0v) is 9.47. The summed E-state index contributed by atoms with van der Waals surface area (Å²) in [7, 11) is 0. The van der Waals surface area contributed by atoms with Gasteiger partial charge in [-0.15, -0.1) is 0 Å². The predicted octanol–water partition coefficient (Wildman–Crippen LogP) is 3.20. The van der Waals surface area contributed by atoms with E-state index in [1.165, 1.54) is 38.6 Å². The van der Waals surface area contributed by atoms with E-state index in [0.717, 1.165) is 17.9 Å². The molecule has 0 bridgehead atoms. The van der Waals surface area contributed by atoms with E-state index < -0.39 is 0 Å². The van der Waals surface area contributed by atoms with Crippen molar-refractivity contribution in [1.29, 1.82) is 0 Å². The summed E-state index contributed by atoms with van der Waals surface area (Å²) in [5, 5.41) is 3.66. The molecule has 1 nitrogen and oxygen atoms in total. The summed E-state index contributed by atoms with van der Waals surface area (Å²) >= 11 is 0. The summed E-state index contributed by atoms with van der Waals surface area (Å²) in [5.41, 5.74) is 0. The van der Waals surface area contributed by atoms with Gasteiger partial charge in [0, 0.05) is 6.04 Å². The van der Waals surface area contributed by atoms with Gasteiger partial charge in [0.05, 0.1) is 0 Å². The van der Waals surface area contributed by atoms with Crippen LogP contribution in [0.2, 0.25) is 0 Å². The first-order valence-corrected chi connectivity index (χ1v) is 6.05. The lowest BCUT2D eigenvalue weighted by Gasteiger charge is -2.24. The largest absolute Gasteiger partial charge is 0.314 e. The molecule has 1 aliphatic rings. The van der Waals surface area contributed by atoms with Crippen molar-refractivity contribution >= 4 is 0 Å². The van der Waals surface area contributed by atoms with E-state index >= 15 is 0 Å². The maximum Gasteiger partial charge on any atom is 0.00683 e. The molecule has 0 spiro atoms. The van der Waals surface area contributed by atoms with E-state index in [2.05, 4.69) is 26.1 Å². The Morgan fingerprint density at radius 3 is 1.92 bits per heavy atom. The van der Waals surface area contributed by atoms with Crippen LogP contribution in [0.15, 0.2) is 0 Å². The highest BCUT2D eigenvalue weighted by Gasteiger charge is 2.23. The van der Waals surface area contributed by atoms with Gasteiger partial charge in [-0.05, 0) is 31.2 Å². The molecule has 1 aliphatic carbocycles. The van der Waals surface area contributed by atoms with Crippen LogP contribution in [0.1, 0.15) is 52.9 Å². The predicted molar refractivity (Wildman–Crippen MR) is 58.9 cm³/mol. The van der Waals surface area contributed by atoms with Crippen LogP contribution in [0, 0.1) is 11.8 Å². The first-order valence-electron chi connectivity index (χ1n) is 6.05. The molecular weight excluding hydrogens is 158 g/mol. The molecule has 13 heavy (non-hydrogen) atoms. The monoisotopic (exact) mass is 183 g/mol. The van der Waals surface area contributed by atoms with E-state index in [-0.39, 0.29) is 0 Å². The van der Waals surface area contributed by atoms with Gasteiger partial charge >= 0.3 is 0 Å². The molecule has 0 aromatic carbocycles. The first-order chi connectivity index (χ1) is 6.31. The van der Waals surface area contributed by atoms with Crippen molar-refractivity contribution in [2.45, 2.75) is 58.9 Å². The molecule has 0 amide bonds. The fourth-order valence-corrected chi connectivity index (χ4v) is 2.21. The van der Waals surface area contributed by atoms with Gasteiger partial charge in [0.15, 0.2) is 0 Å². The lowest BCUT2D eigenvalue weighted by atomic mass is 9.86. The summed E-state index contributed by atoms with van der Waals surface area (Å²) in [6.45, 7) is 8.24. The Labute approximate surface area is 83.3 Å². The molecule has 0 aromatic rings. The molecule has 0 aliphatic heterocycles. The minimum absolute atomic E-state index is 0.878. The van der Waals surface area contributed by atoms with Crippen molar-refractivity contribution in [3.63, 3.8) is 0 Å². The first kappa shape index (κ1) is 11.0. The highest BCUT2D eigenvalue weighted by atomic mass is 14.9. The van der Waals surface area contributed by atoms with Gasteiger partial charge in [0.1, 0.15) is 0 Å². The van der Waals surface area contributed by atoms with Crippen molar-refractivity contribution in [2.75, 3.05) is 6.54 Å². The van der Waals surface area contributed by atoms with Crippen LogP contribution in [0.3, 0.4) is 0 Å². The topological polar surface area (TPSA) is 12.0 Å². The van der Waals surface area contributed by atoms with E-state index in [1.807, 2.05) is 0 Å². The smallest absolute Gasteiger partial charge is 0.00683 e. The fraction of sp³-hybridized carbons (Fsp3) is 1.00. The van der Waals surface area contributed by atoms with Crippen LogP contribution in [0.25, 0.3) is 0 Å². The van der Waals surface area contributed by atoms with E-state index in [1.54, 1.807) is 0 Å². The summed E-state index contributed by atoms with van der Waals surface area (Å²) in [6, 6.07) is 0.878. The SMILES string of the molecule is CCC(CC)C(CC)CNC1CC1. The maximum atomic E-state index is 3.66. The van der Waals surface area contributed by atoms with E-state index in [9.17, 15) is 0 Å². The Morgan fingerprint density at radius 1 is 1.00 bits per heavy atom. The molecule has 0 aromatic heterocycles. The highest BCUT2D eigenvalue weighted by molar-refractivity contribution is 4.82. The molecule has 1 heteroatoms. The van der Waals surface area contributed by atoms with Gasteiger partial charge in [-0.2, -0.15) is 0 Å². The number of hydrogen-bond acceptors (Lipinski definition) is 1. The summed E-state index contributed by atoms with van der Waals surface area (Å²) in [6.07, 6.45) is 6.87. The van der Waals surface area contributed by atoms with Crippen LogP contribution in [0.5, 0.6) is 0 Å². The van der Waals surface area contributed by atoms with Crippen LogP contribution in [0.4, 0.5) is 0 Å². The molecule has 78 valence electrons. The molecule has 1 N–H and O–H groups in total. The normalized spacial score (nSPS) is 19.4. The molecule has 1 saturated carbocycles. The van der Waals surface area contributed by atoms with Gasteiger partial charge < -0.3 is 5.32 Å². The standard InChI is InChI=1S/C12H25N/c1-4-10(5-2)11(6-3)9-13-12-7-8-12/h10-13H,4-9H2,1-3H3. The molecule has 1 rings (SSSR count). The van der Waals surface area contributed by atoms with E-state index in [0.29, 0.717) is 0 Å². The summed E-state index contributed by atoms with van der Waals surface area (Å²) in [4.78, 5) is 0.